The van der Waals surface area contributed by atoms with Crippen LogP contribution < -0.4 is 5.73 Å². The third kappa shape index (κ3) is 2.51. The van der Waals surface area contributed by atoms with Crippen molar-refractivity contribution in [1.82, 2.24) is 20.2 Å². The van der Waals surface area contributed by atoms with Crippen molar-refractivity contribution >= 4 is 5.69 Å². The van der Waals surface area contributed by atoms with E-state index in [2.05, 4.69) is 20.2 Å². The first-order valence-corrected chi connectivity index (χ1v) is 6.39. The second kappa shape index (κ2) is 5.13. The Morgan fingerprint density at radius 3 is 2.70 bits per heavy atom. The Hall–Kier alpha value is -2.69. The van der Waals surface area contributed by atoms with E-state index in [1.807, 2.05) is 37.3 Å². The Morgan fingerprint density at radius 2 is 1.95 bits per heavy atom. The van der Waals surface area contributed by atoms with Gasteiger partial charge in [0.15, 0.2) is 5.82 Å². The van der Waals surface area contributed by atoms with Crippen LogP contribution in [-0.4, -0.2) is 20.2 Å². The van der Waals surface area contributed by atoms with Crippen molar-refractivity contribution in [3.8, 4) is 11.4 Å². The van der Waals surface area contributed by atoms with Gasteiger partial charge >= 0.3 is 0 Å². The van der Waals surface area contributed by atoms with Crippen molar-refractivity contribution < 1.29 is 0 Å². The summed E-state index contributed by atoms with van der Waals surface area (Å²) in [4.78, 5) is 8.50. The van der Waals surface area contributed by atoms with E-state index in [1.54, 1.807) is 12.4 Å². The lowest BCUT2D eigenvalue weighted by molar-refractivity contribution is 0.970. The van der Waals surface area contributed by atoms with Crippen LogP contribution in [0, 0.1) is 6.92 Å². The Bertz CT molecular complexity index is 718. The van der Waals surface area contributed by atoms with Crippen LogP contribution >= 0.6 is 0 Å². The number of nitrogens with zero attached hydrogens (tertiary/aromatic N) is 3. The van der Waals surface area contributed by atoms with Gasteiger partial charge in [-0.1, -0.05) is 12.1 Å². The van der Waals surface area contributed by atoms with E-state index in [0.29, 0.717) is 12.2 Å². The minimum absolute atomic E-state index is 0.667. The van der Waals surface area contributed by atoms with Gasteiger partial charge in [0.25, 0.3) is 0 Å². The number of nitrogens with two attached hydrogens (primary N) is 1. The zero-order valence-corrected chi connectivity index (χ0v) is 11.2. The number of hydrogen-bond acceptors (Lipinski definition) is 4. The van der Waals surface area contributed by atoms with E-state index in [1.165, 1.54) is 0 Å². The molecular formula is C15H15N5. The predicted molar refractivity (Wildman–Crippen MR) is 78.0 cm³/mol. The van der Waals surface area contributed by atoms with Crippen molar-refractivity contribution in [2.45, 2.75) is 13.3 Å². The molecule has 1 aromatic carbocycles. The number of benzene rings is 1. The first-order valence-electron chi connectivity index (χ1n) is 6.39. The molecule has 0 aliphatic rings. The lowest BCUT2D eigenvalue weighted by atomic mass is 10.1. The first-order chi connectivity index (χ1) is 9.72. The standard InChI is InChI=1S/C15H15N5/c1-10-2-3-12(9-13(10)16)15-18-14(19-20-15)8-11-4-6-17-7-5-11/h2-7,9H,8,16H2,1H3,(H,18,19,20). The molecule has 0 unspecified atom stereocenters. The van der Waals surface area contributed by atoms with Crippen molar-refractivity contribution in [3.63, 3.8) is 0 Å². The van der Waals surface area contributed by atoms with E-state index in [4.69, 9.17) is 5.73 Å². The number of aryl methyl sites for hydroxylation is 1. The quantitative estimate of drug-likeness (QED) is 0.712. The Kier molecular flexibility index (Phi) is 3.16. The molecule has 5 heteroatoms. The van der Waals surface area contributed by atoms with Crippen LogP contribution in [0.3, 0.4) is 0 Å². The first kappa shape index (κ1) is 12.3. The van der Waals surface area contributed by atoms with Crippen molar-refractivity contribution in [2.24, 2.45) is 0 Å². The number of pyridine rings is 1. The zero-order chi connectivity index (χ0) is 13.9. The van der Waals surface area contributed by atoms with Gasteiger partial charge < -0.3 is 5.73 Å². The highest BCUT2D eigenvalue weighted by molar-refractivity contribution is 5.63. The SMILES string of the molecule is Cc1ccc(-c2n[nH]c(Cc3ccncc3)n2)cc1N. The monoisotopic (exact) mass is 265 g/mol. The topological polar surface area (TPSA) is 80.5 Å². The second-order valence-electron chi connectivity index (χ2n) is 4.71. The molecule has 0 saturated carbocycles. The summed E-state index contributed by atoms with van der Waals surface area (Å²) in [6.45, 7) is 1.98. The number of hydrogen-bond donors (Lipinski definition) is 2. The molecule has 3 aromatic rings. The molecule has 0 atom stereocenters. The van der Waals surface area contributed by atoms with Crippen LogP contribution in [0.1, 0.15) is 17.0 Å². The van der Waals surface area contributed by atoms with E-state index < -0.39 is 0 Å². The molecule has 0 bridgehead atoms. The molecule has 0 aliphatic carbocycles. The van der Waals surface area contributed by atoms with E-state index in [0.717, 1.165) is 28.2 Å². The maximum atomic E-state index is 5.92. The molecule has 5 nitrogen and oxygen atoms in total. The fourth-order valence-corrected chi connectivity index (χ4v) is 1.98. The maximum absolute atomic E-state index is 5.92. The number of anilines is 1. The van der Waals surface area contributed by atoms with Crippen molar-refractivity contribution in [2.75, 3.05) is 5.73 Å². The van der Waals surface area contributed by atoms with Crippen molar-refractivity contribution in [3.05, 3.63) is 59.7 Å². The molecule has 100 valence electrons. The van der Waals surface area contributed by atoms with Gasteiger partial charge in [0.1, 0.15) is 5.82 Å². The lowest BCUT2D eigenvalue weighted by Gasteiger charge is -2.01. The van der Waals surface area contributed by atoms with E-state index in [-0.39, 0.29) is 0 Å². The summed E-state index contributed by atoms with van der Waals surface area (Å²) < 4.78 is 0. The molecule has 2 aromatic heterocycles. The van der Waals surface area contributed by atoms with E-state index >= 15 is 0 Å². The van der Waals surface area contributed by atoms with Gasteiger partial charge in [0.05, 0.1) is 0 Å². The smallest absolute Gasteiger partial charge is 0.181 e. The summed E-state index contributed by atoms with van der Waals surface area (Å²) in [5.41, 5.74) is 9.79. The predicted octanol–water partition coefficient (Wildman–Crippen LogP) is 2.35. The van der Waals surface area contributed by atoms with Crippen LogP contribution in [0.5, 0.6) is 0 Å². The number of nitrogens with one attached hydrogen (secondary N) is 1. The summed E-state index contributed by atoms with van der Waals surface area (Å²) in [5.74, 6) is 1.49. The number of nitrogen functional groups attached to an aromatic ring is 1. The van der Waals surface area contributed by atoms with Crippen molar-refractivity contribution in [1.29, 1.82) is 0 Å². The average molecular weight is 265 g/mol. The number of rotatable bonds is 3. The normalized spacial score (nSPS) is 10.7. The van der Waals surface area contributed by atoms with Gasteiger partial charge in [-0.3, -0.25) is 10.1 Å². The fraction of sp³-hybridized carbons (Fsp3) is 0.133. The Balaban J connectivity index is 1.84. The van der Waals surface area contributed by atoms with Crippen LogP contribution in [0.2, 0.25) is 0 Å². The van der Waals surface area contributed by atoms with E-state index in [9.17, 15) is 0 Å². The summed E-state index contributed by atoms with van der Waals surface area (Å²) >= 11 is 0. The molecule has 0 aliphatic heterocycles. The summed E-state index contributed by atoms with van der Waals surface area (Å²) in [6, 6.07) is 9.78. The van der Waals surface area contributed by atoms with Crippen LogP contribution in [-0.2, 0) is 6.42 Å². The molecule has 3 N–H and O–H groups in total. The Labute approximate surface area is 116 Å². The molecule has 3 rings (SSSR count). The highest BCUT2D eigenvalue weighted by Gasteiger charge is 2.07. The largest absolute Gasteiger partial charge is 0.398 e. The molecule has 2 heterocycles. The highest BCUT2D eigenvalue weighted by atomic mass is 15.2. The van der Waals surface area contributed by atoms with Gasteiger partial charge in [-0.2, -0.15) is 5.10 Å². The lowest BCUT2D eigenvalue weighted by Crippen LogP contribution is -1.92. The fourth-order valence-electron chi connectivity index (χ4n) is 1.98. The van der Waals surface area contributed by atoms with Crippen LogP contribution in [0.4, 0.5) is 5.69 Å². The molecule has 0 fully saturated rings. The summed E-state index contributed by atoms with van der Waals surface area (Å²) in [6.07, 6.45) is 4.25. The third-order valence-corrected chi connectivity index (χ3v) is 3.19. The van der Waals surface area contributed by atoms with Gasteiger partial charge in [-0.15, -0.1) is 0 Å². The highest BCUT2D eigenvalue weighted by Crippen LogP contribution is 2.20. The summed E-state index contributed by atoms with van der Waals surface area (Å²) in [5, 5.41) is 7.21. The molecular weight excluding hydrogens is 250 g/mol. The molecule has 0 spiro atoms. The van der Waals surface area contributed by atoms with Crippen LogP contribution in [0.25, 0.3) is 11.4 Å². The van der Waals surface area contributed by atoms with Crippen LogP contribution in [0.15, 0.2) is 42.7 Å². The molecule has 0 radical (unpaired) electrons. The Morgan fingerprint density at radius 1 is 1.15 bits per heavy atom. The van der Waals surface area contributed by atoms with Gasteiger partial charge in [-0.05, 0) is 36.2 Å². The number of aromatic amines is 1. The number of aromatic nitrogens is 4. The minimum Gasteiger partial charge on any atom is -0.398 e. The van der Waals surface area contributed by atoms with Gasteiger partial charge in [0.2, 0.25) is 0 Å². The molecule has 0 amide bonds. The average Bonchev–Trinajstić information content (AvgIpc) is 2.91. The molecule has 20 heavy (non-hydrogen) atoms. The third-order valence-electron chi connectivity index (χ3n) is 3.19. The number of H-pyrrole nitrogens is 1. The maximum Gasteiger partial charge on any atom is 0.181 e. The second-order valence-corrected chi connectivity index (χ2v) is 4.71. The van der Waals surface area contributed by atoms with Gasteiger partial charge in [-0.25, -0.2) is 4.98 Å². The minimum atomic E-state index is 0.667. The summed E-state index contributed by atoms with van der Waals surface area (Å²) in [7, 11) is 0. The molecule has 0 saturated heterocycles. The zero-order valence-electron chi connectivity index (χ0n) is 11.2. The van der Waals surface area contributed by atoms with Gasteiger partial charge in [0, 0.05) is 30.1 Å².